The minimum absolute atomic E-state index is 0.716. The zero-order valence-corrected chi connectivity index (χ0v) is 16.3. The van der Waals surface area contributed by atoms with E-state index in [2.05, 4.69) is 42.7 Å². The highest BCUT2D eigenvalue weighted by Crippen LogP contribution is 2.23. The van der Waals surface area contributed by atoms with E-state index in [1.165, 1.54) is 0 Å². The summed E-state index contributed by atoms with van der Waals surface area (Å²) in [6.45, 7) is 7.34. The quantitative estimate of drug-likeness (QED) is 0.628. The molecule has 1 aliphatic heterocycles. The van der Waals surface area contributed by atoms with E-state index < -0.39 is 0 Å². The van der Waals surface area contributed by atoms with E-state index in [-0.39, 0.29) is 0 Å². The molecule has 0 aromatic carbocycles. The molecule has 0 aliphatic carbocycles. The molecule has 0 amide bonds. The van der Waals surface area contributed by atoms with Gasteiger partial charge in [-0.15, -0.1) is 16.4 Å². The molecule has 136 valence electrons. The van der Waals surface area contributed by atoms with Crippen LogP contribution in [-0.2, 0) is 13.2 Å². The molecule has 0 unspecified atom stereocenters. The maximum Gasteiger partial charge on any atom is 0.225 e. The Morgan fingerprint density at radius 3 is 2.54 bits per heavy atom. The Kier molecular flexibility index (Phi) is 5.09. The second-order valence-corrected chi connectivity index (χ2v) is 7.44. The molecular formula is C17H21N7S2. The fourth-order valence-corrected chi connectivity index (χ4v) is 4.17. The van der Waals surface area contributed by atoms with E-state index >= 15 is 0 Å². The Bertz CT molecular complexity index is 893. The van der Waals surface area contributed by atoms with Gasteiger partial charge < -0.3 is 4.90 Å². The van der Waals surface area contributed by atoms with E-state index in [1.807, 2.05) is 16.8 Å². The van der Waals surface area contributed by atoms with Gasteiger partial charge in [0.1, 0.15) is 0 Å². The molecule has 0 bridgehead atoms. The predicted molar refractivity (Wildman–Crippen MR) is 106 cm³/mol. The van der Waals surface area contributed by atoms with E-state index in [9.17, 15) is 0 Å². The van der Waals surface area contributed by atoms with Crippen molar-refractivity contribution in [2.45, 2.75) is 20.1 Å². The normalized spacial score (nSPS) is 15.5. The van der Waals surface area contributed by atoms with Crippen LogP contribution in [0.15, 0.2) is 36.0 Å². The van der Waals surface area contributed by atoms with Crippen molar-refractivity contribution >= 4 is 29.5 Å². The minimum Gasteiger partial charge on any atom is -0.338 e. The van der Waals surface area contributed by atoms with Crippen molar-refractivity contribution in [3.8, 4) is 10.7 Å². The van der Waals surface area contributed by atoms with Gasteiger partial charge >= 0.3 is 0 Å². The van der Waals surface area contributed by atoms with E-state index in [0.29, 0.717) is 6.67 Å². The zero-order chi connectivity index (χ0) is 17.9. The second kappa shape index (κ2) is 7.65. The third kappa shape index (κ3) is 3.42. The first kappa shape index (κ1) is 17.3. The molecule has 1 saturated heterocycles. The van der Waals surface area contributed by atoms with Crippen LogP contribution in [0.5, 0.6) is 0 Å². The van der Waals surface area contributed by atoms with Gasteiger partial charge in [0, 0.05) is 45.1 Å². The molecule has 3 aromatic rings. The molecule has 4 heterocycles. The van der Waals surface area contributed by atoms with Gasteiger partial charge in [-0.25, -0.2) is 14.6 Å². The highest BCUT2D eigenvalue weighted by molar-refractivity contribution is 7.71. The van der Waals surface area contributed by atoms with E-state index in [0.717, 1.165) is 54.1 Å². The van der Waals surface area contributed by atoms with Crippen molar-refractivity contribution in [1.29, 1.82) is 0 Å². The first-order valence-corrected chi connectivity index (χ1v) is 10.0. The minimum atomic E-state index is 0.716. The average Bonchev–Trinajstić information content (AvgIpc) is 3.32. The molecule has 9 heteroatoms. The summed E-state index contributed by atoms with van der Waals surface area (Å²) in [6.07, 6.45) is 3.58. The fraction of sp³-hybridized carbons (Fsp3) is 0.412. The van der Waals surface area contributed by atoms with Gasteiger partial charge in [-0.3, -0.25) is 9.47 Å². The van der Waals surface area contributed by atoms with Crippen LogP contribution < -0.4 is 4.90 Å². The molecule has 1 fully saturated rings. The number of aromatic nitrogens is 5. The van der Waals surface area contributed by atoms with E-state index in [4.69, 9.17) is 17.3 Å². The summed E-state index contributed by atoms with van der Waals surface area (Å²) in [5, 5.41) is 6.87. The van der Waals surface area contributed by atoms with Crippen LogP contribution in [0.2, 0.25) is 0 Å². The average molecular weight is 388 g/mol. The summed E-state index contributed by atoms with van der Waals surface area (Å²) in [4.78, 5) is 14.4. The highest BCUT2D eigenvalue weighted by atomic mass is 32.1. The summed E-state index contributed by atoms with van der Waals surface area (Å²) in [7, 11) is 0. The Hall–Kier alpha value is -2.10. The molecule has 0 radical (unpaired) electrons. The lowest BCUT2D eigenvalue weighted by atomic mass is 10.3. The van der Waals surface area contributed by atoms with Crippen molar-refractivity contribution in [3.63, 3.8) is 0 Å². The molecule has 7 nitrogen and oxygen atoms in total. The second-order valence-electron chi connectivity index (χ2n) is 6.12. The SMILES string of the molecule is CCn1c(-c2cccs2)nn(CN2CCN(c3ncccn3)CC2)c1=S. The Labute approximate surface area is 161 Å². The van der Waals surface area contributed by atoms with Gasteiger partial charge in [0.05, 0.1) is 11.5 Å². The lowest BCUT2D eigenvalue weighted by Crippen LogP contribution is -2.47. The molecule has 3 aromatic heterocycles. The van der Waals surface area contributed by atoms with Crippen molar-refractivity contribution in [2.75, 3.05) is 31.1 Å². The summed E-state index contributed by atoms with van der Waals surface area (Å²) in [5.74, 6) is 1.77. The molecule has 0 saturated carbocycles. The third-order valence-corrected chi connectivity index (χ3v) is 5.82. The Morgan fingerprint density at radius 2 is 1.88 bits per heavy atom. The van der Waals surface area contributed by atoms with Crippen molar-refractivity contribution in [1.82, 2.24) is 29.2 Å². The largest absolute Gasteiger partial charge is 0.338 e. The zero-order valence-electron chi connectivity index (χ0n) is 14.7. The van der Waals surface area contributed by atoms with Crippen LogP contribution in [0, 0.1) is 4.77 Å². The monoisotopic (exact) mass is 387 g/mol. The molecule has 4 rings (SSSR count). The van der Waals surface area contributed by atoms with Gasteiger partial charge in [-0.2, -0.15) is 0 Å². The summed E-state index contributed by atoms with van der Waals surface area (Å²) in [5.41, 5.74) is 0. The summed E-state index contributed by atoms with van der Waals surface area (Å²) < 4.78 is 4.84. The van der Waals surface area contributed by atoms with Crippen LogP contribution in [0.1, 0.15) is 6.92 Å². The van der Waals surface area contributed by atoms with Gasteiger partial charge in [-0.1, -0.05) is 6.07 Å². The standard InChI is InChI=1S/C17H21N7S2/c1-2-23-15(14-5-3-12-26-14)20-24(17(23)25)13-21-8-10-22(11-9-21)16-18-6-4-7-19-16/h3-7,12H,2,8-11,13H2,1H3. The molecule has 0 spiro atoms. The first-order chi connectivity index (χ1) is 12.8. The van der Waals surface area contributed by atoms with Crippen LogP contribution >= 0.6 is 23.6 Å². The first-order valence-electron chi connectivity index (χ1n) is 8.72. The number of piperazine rings is 1. The number of thiophene rings is 1. The van der Waals surface area contributed by atoms with Crippen LogP contribution in [0.25, 0.3) is 10.7 Å². The Balaban J connectivity index is 1.46. The van der Waals surface area contributed by atoms with Crippen LogP contribution in [0.3, 0.4) is 0 Å². The van der Waals surface area contributed by atoms with Crippen LogP contribution in [-0.4, -0.2) is 55.4 Å². The fourth-order valence-electron chi connectivity index (χ4n) is 3.14. The van der Waals surface area contributed by atoms with Crippen molar-refractivity contribution < 1.29 is 0 Å². The summed E-state index contributed by atoms with van der Waals surface area (Å²) >= 11 is 7.36. The number of anilines is 1. The number of hydrogen-bond donors (Lipinski definition) is 0. The highest BCUT2D eigenvalue weighted by Gasteiger charge is 2.20. The predicted octanol–water partition coefficient (Wildman–Crippen LogP) is 2.73. The van der Waals surface area contributed by atoms with Crippen molar-refractivity contribution in [3.05, 3.63) is 40.7 Å². The molecule has 0 atom stereocenters. The topological polar surface area (TPSA) is 55.0 Å². The van der Waals surface area contributed by atoms with Crippen molar-refractivity contribution in [2.24, 2.45) is 0 Å². The Morgan fingerprint density at radius 1 is 1.12 bits per heavy atom. The van der Waals surface area contributed by atoms with E-state index in [1.54, 1.807) is 23.7 Å². The smallest absolute Gasteiger partial charge is 0.225 e. The number of rotatable bonds is 5. The molecule has 0 N–H and O–H groups in total. The van der Waals surface area contributed by atoms with Gasteiger partial charge in [0.25, 0.3) is 0 Å². The van der Waals surface area contributed by atoms with Crippen LogP contribution in [0.4, 0.5) is 5.95 Å². The van der Waals surface area contributed by atoms with Gasteiger partial charge in [-0.05, 0) is 36.7 Å². The molecule has 26 heavy (non-hydrogen) atoms. The lowest BCUT2D eigenvalue weighted by molar-refractivity contribution is 0.193. The number of hydrogen-bond acceptors (Lipinski definition) is 7. The third-order valence-electron chi connectivity index (χ3n) is 4.52. The summed E-state index contributed by atoms with van der Waals surface area (Å²) in [6, 6.07) is 5.99. The lowest BCUT2D eigenvalue weighted by Gasteiger charge is -2.34. The van der Waals surface area contributed by atoms with Gasteiger partial charge in [0.15, 0.2) is 10.6 Å². The number of nitrogens with zero attached hydrogens (tertiary/aromatic N) is 7. The molecule has 1 aliphatic rings. The van der Waals surface area contributed by atoms with Gasteiger partial charge in [0.2, 0.25) is 5.95 Å². The molecular weight excluding hydrogens is 366 g/mol. The maximum absolute atomic E-state index is 5.67. The maximum atomic E-state index is 5.67.